The number of amides is 2. The number of piperazine rings is 2. The fourth-order valence-electron chi connectivity index (χ4n) is 10.8. The molecule has 5 aliphatic rings. The van der Waals surface area contributed by atoms with Crippen molar-refractivity contribution in [3.8, 4) is 34.5 Å². The first kappa shape index (κ1) is 43.6. The summed E-state index contributed by atoms with van der Waals surface area (Å²) in [7, 11) is 1.62. The van der Waals surface area contributed by atoms with Crippen molar-refractivity contribution in [2.75, 3.05) is 74.7 Å². The van der Waals surface area contributed by atoms with E-state index in [0.29, 0.717) is 65.4 Å². The molecule has 2 N–H and O–H groups in total. The number of nitrogens with zero attached hydrogens (tertiary/aromatic N) is 12. The van der Waals surface area contributed by atoms with Gasteiger partial charge in [0.2, 0.25) is 17.7 Å². The first-order valence-electron chi connectivity index (χ1n) is 23.5. The van der Waals surface area contributed by atoms with Gasteiger partial charge in [0.25, 0.3) is 0 Å². The standard InChI is InChI=1S/C49H53FN14O4/c1-67-46-13-2-31(20-53-46)24-59-26-38-29-68-30-39(27-59)64(38)44-11-3-32(21-52-44)47-48-33(19-51)22-55-63(48)28-42(57-47)34-23-54-62(25-34)37-7-5-36(6-8-37)60-14-16-61(17-15-60)43-10-4-35(18-40(43)50)56-41-9-12-45(65)58-49(41)66/h2-4,10-11,13,18,20-23,25,28,36-39,41,56H,5-9,12,14-17,24,26-27,29-30H2,1H3,(H,58,65,66)/t36?,37?,38-,39+,41?. The number of morpholine rings is 1. The average Bonchev–Trinajstić information content (AvgIpc) is 4.03. The molecule has 1 saturated carbocycles. The average molecular weight is 921 g/mol. The number of fused-ring (bicyclic) bond motifs is 3. The normalized spacial score (nSPS) is 23.6. The Balaban J connectivity index is 0.723. The minimum absolute atomic E-state index is 0.144. The van der Waals surface area contributed by atoms with E-state index >= 15 is 4.39 Å². The van der Waals surface area contributed by atoms with Gasteiger partial charge in [0.05, 0.1) is 74.1 Å². The van der Waals surface area contributed by atoms with Crippen LogP contribution in [0.5, 0.6) is 5.88 Å². The Bertz CT molecular complexity index is 2830. The molecule has 3 atom stereocenters. The summed E-state index contributed by atoms with van der Waals surface area (Å²) in [5.74, 6) is 0.502. The van der Waals surface area contributed by atoms with Gasteiger partial charge in [0.1, 0.15) is 34.8 Å². The van der Waals surface area contributed by atoms with Crippen LogP contribution in [0.15, 0.2) is 79.6 Å². The van der Waals surface area contributed by atoms with Crippen molar-refractivity contribution >= 4 is 34.5 Å². The molecule has 19 heteroatoms. The molecule has 5 fully saturated rings. The molecule has 6 aromatic rings. The van der Waals surface area contributed by atoms with Gasteiger partial charge in [0.15, 0.2) is 0 Å². The van der Waals surface area contributed by atoms with Crippen molar-refractivity contribution in [3.05, 3.63) is 96.6 Å². The Hall–Kier alpha value is -7.01. The first-order chi connectivity index (χ1) is 33.3. The molecule has 68 heavy (non-hydrogen) atoms. The van der Waals surface area contributed by atoms with E-state index in [4.69, 9.17) is 24.5 Å². The Labute approximate surface area is 392 Å². The Morgan fingerprint density at radius 2 is 1.68 bits per heavy atom. The summed E-state index contributed by atoms with van der Waals surface area (Å²) in [5, 5.41) is 24.9. The van der Waals surface area contributed by atoms with Crippen LogP contribution < -0.4 is 25.2 Å². The Morgan fingerprint density at radius 1 is 0.868 bits per heavy atom. The van der Waals surface area contributed by atoms with Gasteiger partial charge < -0.3 is 24.6 Å². The summed E-state index contributed by atoms with van der Waals surface area (Å²) in [6.45, 7) is 6.86. The topological polar surface area (TPSA) is 187 Å². The molecule has 4 saturated heterocycles. The van der Waals surface area contributed by atoms with E-state index in [1.807, 2.05) is 36.9 Å². The molecule has 0 radical (unpaired) electrons. The van der Waals surface area contributed by atoms with Gasteiger partial charge in [-0.05, 0) is 68.0 Å². The molecule has 0 spiro atoms. The van der Waals surface area contributed by atoms with Crippen LogP contribution in [-0.4, -0.2) is 140 Å². The second-order valence-electron chi connectivity index (χ2n) is 18.5. The molecule has 11 rings (SSSR count). The van der Waals surface area contributed by atoms with Gasteiger partial charge in [-0.25, -0.2) is 23.9 Å². The van der Waals surface area contributed by atoms with Crippen LogP contribution in [-0.2, 0) is 20.9 Å². The number of aromatic nitrogens is 7. The van der Waals surface area contributed by atoms with E-state index in [1.165, 1.54) is 6.07 Å². The number of benzene rings is 1. The number of hydrogen-bond donors (Lipinski definition) is 2. The lowest BCUT2D eigenvalue weighted by Crippen LogP contribution is -2.64. The molecular weight excluding hydrogens is 868 g/mol. The van der Waals surface area contributed by atoms with E-state index < -0.39 is 6.04 Å². The summed E-state index contributed by atoms with van der Waals surface area (Å²) in [4.78, 5) is 47.8. The molecule has 9 heterocycles. The molecule has 350 valence electrons. The second kappa shape index (κ2) is 18.6. The van der Waals surface area contributed by atoms with E-state index in [2.05, 4.69) is 69.4 Å². The van der Waals surface area contributed by atoms with Crippen molar-refractivity contribution in [2.45, 2.75) is 75.3 Å². The number of nitriles is 1. The van der Waals surface area contributed by atoms with Crippen LogP contribution in [0.1, 0.15) is 55.7 Å². The minimum Gasteiger partial charge on any atom is -0.481 e. The van der Waals surface area contributed by atoms with Crippen LogP contribution >= 0.6 is 0 Å². The van der Waals surface area contributed by atoms with Gasteiger partial charge in [-0.2, -0.15) is 15.5 Å². The second-order valence-corrected chi connectivity index (χ2v) is 18.5. The van der Waals surface area contributed by atoms with Crippen molar-refractivity contribution in [1.29, 1.82) is 5.26 Å². The molecule has 18 nitrogen and oxygen atoms in total. The third-order valence-electron chi connectivity index (χ3n) is 14.3. The summed E-state index contributed by atoms with van der Waals surface area (Å²) >= 11 is 0. The lowest BCUT2D eigenvalue weighted by molar-refractivity contribution is -0.133. The zero-order valence-electron chi connectivity index (χ0n) is 37.9. The van der Waals surface area contributed by atoms with Crippen LogP contribution in [0.25, 0.3) is 28.0 Å². The maximum absolute atomic E-state index is 15.4. The number of carbonyl (C=O) groups excluding carboxylic acids is 2. The van der Waals surface area contributed by atoms with Crippen molar-refractivity contribution in [3.63, 3.8) is 0 Å². The lowest BCUT2D eigenvalue weighted by Gasteiger charge is -2.50. The number of anilines is 3. The monoisotopic (exact) mass is 920 g/mol. The quantitative estimate of drug-likeness (QED) is 0.171. The van der Waals surface area contributed by atoms with Crippen LogP contribution in [0.3, 0.4) is 0 Å². The van der Waals surface area contributed by atoms with Crippen LogP contribution in [0, 0.1) is 17.1 Å². The van der Waals surface area contributed by atoms with Gasteiger partial charge in [-0.15, -0.1) is 0 Å². The zero-order valence-corrected chi connectivity index (χ0v) is 37.9. The van der Waals surface area contributed by atoms with E-state index in [1.54, 1.807) is 30.0 Å². The first-order valence-corrected chi connectivity index (χ1v) is 23.5. The van der Waals surface area contributed by atoms with Crippen LogP contribution in [0.4, 0.5) is 21.6 Å². The third-order valence-corrected chi connectivity index (χ3v) is 14.3. The number of pyridine rings is 2. The molecular formula is C49H53FN14O4. The third kappa shape index (κ3) is 8.70. The highest BCUT2D eigenvalue weighted by atomic mass is 19.1. The molecule has 1 aromatic carbocycles. The Kier molecular flexibility index (Phi) is 11.9. The highest BCUT2D eigenvalue weighted by molar-refractivity contribution is 6.01. The minimum atomic E-state index is -0.561. The number of piperidine rings is 1. The SMILES string of the molecule is COc1ccc(CN2C[C@H]3COC[C@@H](C2)N3c2ccc(-c3nc(-c4cnn(C5CCC(N6CCN(c7ccc(NC8CCC(=O)NC8=O)cc7F)CC6)CC5)c4)cn4ncc(C#N)c34)cn2)cn1. The number of nitrogens with one attached hydrogen (secondary N) is 2. The summed E-state index contributed by atoms with van der Waals surface area (Å²) in [5.41, 5.74) is 6.28. The Morgan fingerprint density at radius 3 is 2.38 bits per heavy atom. The van der Waals surface area contributed by atoms with E-state index in [-0.39, 0.29) is 42.2 Å². The van der Waals surface area contributed by atoms with Crippen molar-refractivity contribution < 1.29 is 23.5 Å². The highest BCUT2D eigenvalue weighted by Crippen LogP contribution is 2.36. The van der Waals surface area contributed by atoms with Gasteiger partial charge in [-0.1, -0.05) is 6.07 Å². The smallest absolute Gasteiger partial charge is 0.249 e. The molecule has 2 amide bonds. The summed E-state index contributed by atoms with van der Waals surface area (Å²) < 4.78 is 30.5. The van der Waals surface area contributed by atoms with Gasteiger partial charge >= 0.3 is 0 Å². The fourth-order valence-corrected chi connectivity index (χ4v) is 10.8. The number of imide groups is 1. The van der Waals surface area contributed by atoms with E-state index in [9.17, 15) is 14.9 Å². The number of hydrogen-bond acceptors (Lipinski definition) is 15. The predicted octanol–water partition coefficient (Wildman–Crippen LogP) is 4.68. The molecule has 5 aromatic heterocycles. The maximum atomic E-state index is 15.4. The predicted molar refractivity (Wildman–Crippen MR) is 250 cm³/mol. The van der Waals surface area contributed by atoms with Gasteiger partial charge in [0, 0.05) is 99.7 Å². The number of carbonyl (C=O) groups is 2. The van der Waals surface area contributed by atoms with Crippen molar-refractivity contribution in [1.82, 2.24) is 49.5 Å². The number of rotatable bonds is 11. The largest absolute Gasteiger partial charge is 0.481 e. The van der Waals surface area contributed by atoms with E-state index in [0.717, 1.165) is 94.0 Å². The molecule has 2 bridgehead atoms. The zero-order chi connectivity index (χ0) is 46.3. The number of halogens is 1. The highest BCUT2D eigenvalue weighted by Gasteiger charge is 2.39. The molecule has 1 unspecified atom stereocenters. The van der Waals surface area contributed by atoms with Crippen LogP contribution in [0.2, 0.25) is 0 Å². The summed E-state index contributed by atoms with van der Waals surface area (Å²) in [6.07, 6.45) is 15.8. The molecule has 1 aliphatic carbocycles. The fraction of sp³-hybridized carbons (Fsp3) is 0.429. The number of methoxy groups -OCH3 is 1. The maximum Gasteiger partial charge on any atom is 0.249 e. The molecule has 4 aliphatic heterocycles. The number of ether oxygens (including phenoxy) is 2. The van der Waals surface area contributed by atoms with Gasteiger partial charge in [-0.3, -0.25) is 29.4 Å². The summed E-state index contributed by atoms with van der Waals surface area (Å²) in [6, 6.07) is 15.8. The lowest BCUT2D eigenvalue weighted by atomic mass is 9.90. The van der Waals surface area contributed by atoms with Crippen molar-refractivity contribution in [2.24, 2.45) is 0 Å².